The largest absolute Gasteiger partial charge is 0.381 e. The van der Waals surface area contributed by atoms with Gasteiger partial charge in [-0.25, -0.2) is 0 Å². The van der Waals surface area contributed by atoms with Crippen LogP contribution in [0.4, 0.5) is 0 Å². The SMILES string of the molecule is Cc1c(C(=O)NNC(=O)C(C)(C)O)c2c(Br)cn(C)c(=O)c2n1COCC[Si](C)(C)C. The zero-order valence-electron chi connectivity index (χ0n) is 19.1. The Hall–Kier alpha value is -1.95. The van der Waals surface area contributed by atoms with Crippen LogP contribution in [0.3, 0.4) is 0 Å². The van der Waals surface area contributed by atoms with Gasteiger partial charge in [0, 0.05) is 43.5 Å². The maximum Gasteiger partial charge on any atom is 0.274 e. The van der Waals surface area contributed by atoms with E-state index in [4.69, 9.17) is 4.74 Å². The number of nitrogens with one attached hydrogen (secondary N) is 2. The van der Waals surface area contributed by atoms with Gasteiger partial charge in [0.2, 0.25) is 0 Å². The normalized spacial score (nSPS) is 12.3. The number of halogens is 1. The first-order valence-electron chi connectivity index (χ1n) is 9.94. The molecule has 0 atom stereocenters. The number of hydrogen-bond acceptors (Lipinski definition) is 5. The third kappa shape index (κ3) is 5.85. The first kappa shape index (κ1) is 25.3. The first-order chi connectivity index (χ1) is 14.1. The van der Waals surface area contributed by atoms with E-state index in [0.717, 1.165) is 6.04 Å². The topological polar surface area (TPSA) is 115 Å². The molecule has 0 aliphatic rings. The summed E-state index contributed by atoms with van der Waals surface area (Å²) in [7, 11) is 0.360. The predicted octanol–water partition coefficient (Wildman–Crippen LogP) is 2.26. The molecule has 0 radical (unpaired) electrons. The number of rotatable bonds is 7. The van der Waals surface area contributed by atoms with Crippen molar-refractivity contribution in [3.63, 3.8) is 0 Å². The lowest BCUT2D eigenvalue weighted by Gasteiger charge is -2.17. The van der Waals surface area contributed by atoms with E-state index in [1.807, 2.05) is 0 Å². The van der Waals surface area contributed by atoms with Crippen molar-refractivity contribution in [2.24, 2.45) is 7.05 Å². The van der Waals surface area contributed by atoms with Crippen LogP contribution in [0.25, 0.3) is 10.9 Å². The first-order valence-corrected chi connectivity index (χ1v) is 14.4. The summed E-state index contributed by atoms with van der Waals surface area (Å²) in [6, 6.07) is 0.975. The van der Waals surface area contributed by atoms with E-state index >= 15 is 0 Å². The molecular formula is C20H31BrN4O5Si. The summed E-state index contributed by atoms with van der Waals surface area (Å²) in [6.07, 6.45) is 1.59. The molecule has 0 saturated heterocycles. The lowest BCUT2D eigenvalue weighted by molar-refractivity contribution is -0.137. The monoisotopic (exact) mass is 514 g/mol. The fourth-order valence-corrected chi connectivity index (χ4v) is 4.40. The Kier molecular flexibility index (Phi) is 7.57. The summed E-state index contributed by atoms with van der Waals surface area (Å²) >= 11 is 3.45. The van der Waals surface area contributed by atoms with Crippen LogP contribution in [0, 0.1) is 6.92 Å². The molecule has 2 heterocycles. The number of aromatic nitrogens is 2. The molecule has 0 fully saturated rings. The van der Waals surface area contributed by atoms with E-state index in [1.165, 1.54) is 18.4 Å². The molecular weight excluding hydrogens is 484 g/mol. The Morgan fingerprint density at radius 3 is 2.42 bits per heavy atom. The van der Waals surface area contributed by atoms with Gasteiger partial charge < -0.3 is 19.0 Å². The summed E-state index contributed by atoms with van der Waals surface area (Å²) in [5.74, 6) is -1.36. The molecule has 2 rings (SSSR count). The zero-order valence-corrected chi connectivity index (χ0v) is 21.6. The number of pyridine rings is 1. The number of hydrazine groups is 1. The third-order valence-corrected chi connectivity index (χ3v) is 7.19. The van der Waals surface area contributed by atoms with E-state index < -0.39 is 25.5 Å². The summed E-state index contributed by atoms with van der Waals surface area (Å²) in [5.41, 5.74) is 3.72. The van der Waals surface area contributed by atoms with Crippen molar-refractivity contribution >= 4 is 46.7 Å². The number of ether oxygens (including phenoxy) is 1. The van der Waals surface area contributed by atoms with Crippen molar-refractivity contribution in [1.29, 1.82) is 0 Å². The third-order valence-electron chi connectivity index (χ3n) is 4.88. The highest BCUT2D eigenvalue weighted by Crippen LogP contribution is 2.30. The predicted molar refractivity (Wildman–Crippen MR) is 126 cm³/mol. The van der Waals surface area contributed by atoms with Gasteiger partial charge in [0.15, 0.2) is 0 Å². The van der Waals surface area contributed by atoms with E-state index in [9.17, 15) is 19.5 Å². The molecule has 0 unspecified atom stereocenters. The minimum absolute atomic E-state index is 0.127. The summed E-state index contributed by atoms with van der Waals surface area (Å²) < 4.78 is 9.53. The molecule has 0 saturated carbocycles. The molecule has 9 nitrogen and oxygen atoms in total. The van der Waals surface area contributed by atoms with Crippen molar-refractivity contribution in [3.05, 3.63) is 32.3 Å². The molecule has 0 spiro atoms. The fourth-order valence-electron chi connectivity index (χ4n) is 2.95. The van der Waals surface area contributed by atoms with Crippen LogP contribution in [0.5, 0.6) is 0 Å². The average Bonchev–Trinajstić information content (AvgIpc) is 2.92. The number of aliphatic hydroxyl groups is 1. The van der Waals surface area contributed by atoms with Gasteiger partial charge in [-0.3, -0.25) is 25.2 Å². The molecule has 172 valence electrons. The Balaban J connectivity index is 2.46. The highest BCUT2D eigenvalue weighted by atomic mass is 79.9. The smallest absolute Gasteiger partial charge is 0.274 e. The minimum atomic E-state index is -1.66. The van der Waals surface area contributed by atoms with Crippen LogP contribution in [0.2, 0.25) is 25.7 Å². The van der Waals surface area contributed by atoms with Crippen LogP contribution in [0.1, 0.15) is 29.9 Å². The van der Waals surface area contributed by atoms with Gasteiger partial charge in [0.1, 0.15) is 17.8 Å². The van der Waals surface area contributed by atoms with Gasteiger partial charge in [-0.05, 0) is 42.7 Å². The Bertz CT molecular complexity index is 1060. The van der Waals surface area contributed by atoms with Gasteiger partial charge in [-0.1, -0.05) is 19.6 Å². The second-order valence-electron chi connectivity index (χ2n) is 9.32. The number of carbonyl (C=O) groups is 2. The molecule has 11 heteroatoms. The van der Waals surface area contributed by atoms with E-state index in [2.05, 4.69) is 46.4 Å². The van der Waals surface area contributed by atoms with Crippen LogP contribution in [-0.4, -0.2) is 46.3 Å². The van der Waals surface area contributed by atoms with Crippen molar-refractivity contribution in [2.45, 2.75) is 58.8 Å². The average molecular weight is 515 g/mol. The van der Waals surface area contributed by atoms with Crippen molar-refractivity contribution in [1.82, 2.24) is 20.0 Å². The Morgan fingerprint density at radius 1 is 1.26 bits per heavy atom. The van der Waals surface area contributed by atoms with E-state index in [0.29, 0.717) is 27.7 Å². The Morgan fingerprint density at radius 2 is 1.87 bits per heavy atom. The summed E-state index contributed by atoms with van der Waals surface area (Å²) in [4.78, 5) is 37.8. The molecule has 2 amide bonds. The standard InChI is InChI=1S/C20H31BrN4O5Si/c1-12-14(17(26)22-23-19(28)20(2,3)29)15-13(21)10-24(4)18(27)16(15)25(12)11-30-8-9-31(5,6)7/h10,29H,8-9,11H2,1-7H3,(H,22,26)(H,23,28). The number of nitrogens with zero attached hydrogens (tertiary/aromatic N) is 2. The number of carbonyl (C=O) groups excluding carboxylic acids is 2. The molecule has 0 aliphatic heterocycles. The molecule has 31 heavy (non-hydrogen) atoms. The molecule has 2 aromatic heterocycles. The number of hydrogen-bond donors (Lipinski definition) is 3. The van der Waals surface area contributed by atoms with Crippen molar-refractivity contribution in [2.75, 3.05) is 6.61 Å². The lowest BCUT2D eigenvalue weighted by atomic mass is 10.1. The van der Waals surface area contributed by atoms with Crippen molar-refractivity contribution < 1.29 is 19.4 Å². The summed E-state index contributed by atoms with van der Waals surface area (Å²) in [6.45, 7) is 11.8. The lowest BCUT2D eigenvalue weighted by Crippen LogP contribution is -2.50. The highest BCUT2D eigenvalue weighted by molar-refractivity contribution is 9.10. The highest BCUT2D eigenvalue weighted by Gasteiger charge is 2.27. The fraction of sp³-hybridized carbons (Fsp3) is 0.550. The van der Waals surface area contributed by atoms with E-state index in [-0.39, 0.29) is 17.9 Å². The Labute approximate surface area is 190 Å². The summed E-state index contributed by atoms with van der Waals surface area (Å²) in [5, 5.41) is 10.2. The second-order valence-corrected chi connectivity index (χ2v) is 15.8. The maximum atomic E-state index is 12.9. The quantitative estimate of drug-likeness (QED) is 0.297. The maximum absolute atomic E-state index is 12.9. The van der Waals surface area contributed by atoms with Crippen LogP contribution in [0.15, 0.2) is 15.5 Å². The van der Waals surface area contributed by atoms with Gasteiger partial charge in [-0.2, -0.15) is 0 Å². The molecule has 2 aromatic rings. The molecule has 0 bridgehead atoms. The van der Waals surface area contributed by atoms with Crippen LogP contribution in [-0.2, 0) is 23.3 Å². The number of aryl methyl sites for hydroxylation is 1. The second kappa shape index (κ2) is 9.27. The molecule has 0 aromatic carbocycles. The number of amides is 2. The van der Waals surface area contributed by atoms with Gasteiger partial charge in [0.05, 0.1) is 5.56 Å². The minimum Gasteiger partial charge on any atom is -0.381 e. The molecule has 0 aliphatic carbocycles. The van der Waals surface area contributed by atoms with E-state index in [1.54, 1.807) is 24.7 Å². The van der Waals surface area contributed by atoms with Gasteiger partial charge in [0.25, 0.3) is 17.4 Å². The van der Waals surface area contributed by atoms with Gasteiger partial charge >= 0.3 is 0 Å². The zero-order chi connectivity index (χ0) is 23.7. The van der Waals surface area contributed by atoms with Crippen molar-refractivity contribution in [3.8, 4) is 0 Å². The van der Waals surface area contributed by atoms with Gasteiger partial charge in [-0.15, -0.1) is 0 Å². The molecule has 3 N–H and O–H groups in total. The number of fused-ring (bicyclic) bond motifs is 1. The van der Waals surface area contributed by atoms with Crippen LogP contribution < -0.4 is 16.4 Å². The van der Waals surface area contributed by atoms with Crippen LogP contribution >= 0.6 is 15.9 Å².